The highest BCUT2D eigenvalue weighted by Crippen LogP contribution is 2.20. The summed E-state index contributed by atoms with van der Waals surface area (Å²) in [6.07, 6.45) is 12.1. The predicted octanol–water partition coefficient (Wildman–Crippen LogP) is 6.30. The highest BCUT2D eigenvalue weighted by atomic mass is 79.9. The van der Waals surface area contributed by atoms with E-state index < -0.39 is 0 Å². The molecule has 0 aliphatic rings. The molecular weight excluding hydrogens is 284 g/mol. The summed E-state index contributed by atoms with van der Waals surface area (Å²) in [6.45, 7) is 4.50. The molecule has 102 valence electrons. The maximum absolute atomic E-state index is 3.61. The van der Waals surface area contributed by atoms with Gasteiger partial charge >= 0.3 is 0 Å². The fraction of sp³-hybridized carbons (Fsp3) is 0.647. The van der Waals surface area contributed by atoms with E-state index in [1.807, 2.05) is 0 Å². The Morgan fingerprint density at radius 1 is 0.889 bits per heavy atom. The molecule has 0 N–H and O–H groups in total. The first-order chi connectivity index (χ1) is 8.77. The van der Waals surface area contributed by atoms with Crippen LogP contribution in [0.2, 0.25) is 0 Å². The molecule has 0 aliphatic heterocycles. The van der Waals surface area contributed by atoms with Gasteiger partial charge in [-0.05, 0) is 36.5 Å². The van der Waals surface area contributed by atoms with Crippen LogP contribution in [0.4, 0.5) is 0 Å². The van der Waals surface area contributed by atoms with E-state index >= 15 is 0 Å². The summed E-state index contributed by atoms with van der Waals surface area (Å²) in [5.41, 5.74) is 2.94. The van der Waals surface area contributed by atoms with Crippen LogP contribution < -0.4 is 0 Å². The Balaban J connectivity index is 2.19. The Morgan fingerprint density at radius 3 is 2.22 bits per heavy atom. The van der Waals surface area contributed by atoms with Crippen molar-refractivity contribution >= 4 is 15.9 Å². The zero-order valence-electron chi connectivity index (χ0n) is 12.0. The monoisotopic (exact) mass is 310 g/mol. The normalized spacial score (nSPS) is 10.8. The minimum atomic E-state index is 1.12. The van der Waals surface area contributed by atoms with Crippen LogP contribution in [-0.2, 0) is 12.8 Å². The molecule has 0 aromatic heterocycles. The summed E-state index contributed by atoms with van der Waals surface area (Å²) < 4.78 is 1.26. The molecule has 0 heterocycles. The van der Waals surface area contributed by atoms with E-state index in [0.29, 0.717) is 0 Å². The van der Waals surface area contributed by atoms with Gasteiger partial charge in [-0.15, -0.1) is 0 Å². The second-order valence-corrected chi connectivity index (χ2v) is 6.00. The molecule has 0 aliphatic carbocycles. The molecule has 0 radical (unpaired) electrons. The first kappa shape index (κ1) is 15.8. The maximum Gasteiger partial charge on any atom is 0.0207 e. The van der Waals surface area contributed by atoms with Gasteiger partial charge in [0, 0.05) is 4.47 Å². The van der Waals surface area contributed by atoms with Crippen molar-refractivity contribution < 1.29 is 0 Å². The van der Waals surface area contributed by atoms with E-state index in [1.54, 1.807) is 0 Å². The molecule has 0 spiro atoms. The Labute approximate surface area is 121 Å². The lowest BCUT2D eigenvalue weighted by molar-refractivity contribution is 0.589. The molecule has 1 aromatic rings. The molecule has 1 aromatic carbocycles. The van der Waals surface area contributed by atoms with Gasteiger partial charge in [0.05, 0.1) is 0 Å². The van der Waals surface area contributed by atoms with Crippen molar-refractivity contribution in [1.29, 1.82) is 0 Å². The molecule has 0 bridgehead atoms. The maximum atomic E-state index is 3.61. The first-order valence-corrected chi connectivity index (χ1v) is 8.34. The molecule has 18 heavy (non-hydrogen) atoms. The molecule has 1 heteroatoms. The summed E-state index contributed by atoms with van der Waals surface area (Å²) in [6, 6.07) is 6.83. The highest BCUT2D eigenvalue weighted by molar-refractivity contribution is 9.10. The van der Waals surface area contributed by atoms with Crippen LogP contribution in [0.5, 0.6) is 0 Å². The molecule has 0 saturated carbocycles. The molecule has 1 rings (SSSR count). The third kappa shape index (κ3) is 6.04. The van der Waals surface area contributed by atoms with Crippen molar-refractivity contribution in [2.24, 2.45) is 0 Å². The predicted molar refractivity (Wildman–Crippen MR) is 85.2 cm³/mol. The van der Waals surface area contributed by atoms with Gasteiger partial charge in [0.25, 0.3) is 0 Å². The fourth-order valence-corrected chi connectivity index (χ4v) is 2.87. The van der Waals surface area contributed by atoms with Gasteiger partial charge in [-0.3, -0.25) is 0 Å². The van der Waals surface area contributed by atoms with Crippen molar-refractivity contribution in [3.8, 4) is 0 Å². The van der Waals surface area contributed by atoms with E-state index in [2.05, 4.69) is 48.0 Å². The lowest BCUT2D eigenvalue weighted by atomic mass is 10.0. The Morgan fingerprint density at radius 2 is 1.56 bits per heavy atom. The number of unbranched alkanes of at least 4 members (excludes halogenated alkanes) is 6. The van der Waals surface area contributed by atoms with E-state index in [-0.39, 0.29) is 0 Å². The van der Waals surface area contributed by atoms with Crippen LogP contribution in [0.25, 0.3) is 0 Å². The minimum Gasteiger partial charge on any atom is -0.0654 e. The molecular formula is C17H27Br. The Kier molecular flexibility index (Phi) is 8.41. The minimum absolute atomic E-state index is 1.12. The summed E-state index contributed by atoms with van der Waals surface area (Å²) in [7, 11) is 0. The van der Waals surface area contributed by atoms with Crippen LogP contribution in [0.15, 0.2) is 22.7 Å². The molecule has 0 saturated heterocycles. The van der Waals surface area contributed by atoms with Crippen molar-refractivity contribution in [3.63, 3.8) is 0 Å². The number of hydrogen-bond donors (Lipinski definition) is 0. The first-order valence-electron chi connectivity index (χ1n) is 7.55. The number of rotatable bonds is 9. The van der Waals surface area contributed by atoms with Gasteiger partial charge in [0.1, 0.15) is 0 Å². The van der Waals surface area contributed by atoms with Gasteiger partial charge in [0.15, 0.2) is 0 Å². The second kappa shape index (κ2) is 9.61. The molecule has 0 fully saturated rings. The number of benzene rings is 1. The van der Waals surface area contributed by atoms with Crippen LogP contribution >= 0.6 is 15.9 Å². The number of hydrogen-bond acceptors (Lipinski definition) is 0. The summed E-state index contributed by atoms with van der Waals surface area (Å²) in [5, 5.41) is 0. The zero-order valence-corrected chi connectivity index (χ0v) is 13.6. The van der Waals surface area contributed by atoms with Crippen molar-refractivity contribution in [1.82, 2.24) is 0 Å². The van der Waals surface area contributed by atoms with Crippen LogP contribution in [-0.4, -0.2) is 0 Å². The lowest BCUT2D eigenvalue weighted by Crippen LogP contribution is -1.90. The Hall–Kier alpha value is -0.300. The average Bonchev–Trinajstić information content (AvgIpc) is 2.39. The molecule has 0 atom stereocenters. The van der Waals surface area contributed by atoms with Gasteiger partial charge in [-0.1, -0.05) is 80.4 Å². The third-order valence-corrected chi connectivity index (χ3v) is 4.33. The fourth-order valence-electron chi connectivity index (χ4n) is 2.34. The van der Waals surface area contributed by atoms with Gasteiger partial charge < -0.3 is 0 Å². The van der Waals surface area contributed by atoms with E-state index in [4.69, 9.17) is 0 Å². The van der Waals surface area contributed by atoms with Crippen LogP contribution in [0, 0.1) is 0 Å². The highest BCUT2D eigenvalue weighted by Gasteiger charge is 2.00. The van der Waals surface area contributed by atoms with Gasteiger partial charge in [-0.2, -0.15) is 0 Å². The van der Waals surface area contributed by atoms with Crippen LogP contribution in [0.1, 0.15) is 69.9 Å². The molecule has 0 unspecified atom stereocenters. The lowest BCUT2D eigenvalue weighted by Gasteiger charge is -2.06. The summed E-state index contributed by atoms with van der Waals surface area (Å²) >= 11 is 3.61. The Bertz CT molecular complexity index is 330. The smallest absolute Gasteiger partial charge is 0.0207 e. The summed E-state index contributed by atoms with van der Waals surface area (Å²) in [5.74, 6) is 0. The van der Waals surface area contributed by atoms with Crippen LogP contribution in [0.3, 0.4) is 0 Å². The van der Waals surface area contributed by atoms with Crippen molar-refractivity contribution in [3.05, 3.63) is 33.8 Å². The SMILES string of the molecule is CCCCCCCCCc1ccc(Br)c(CC)c1. The quantitative estimate of drug-likeness (QED) is 0.469. The van der Waals surface area contributed by atoms with Crippen molar-refractivity contribution in [2.45, 2.75) is 71.6 Å². The van der Waals surface area contributed by atoms with Crippen molar-refractivity contribution in [2.75, 3.05) is 0 Å². The summed E-state index contributed by atoms with van der Waals surface area (Å²) in [4.78, 5) is 0. The van der Waals surface area contributed by atoms with E-state index in [1.165, 1.54) is 67.0 Å². The average molecular weight is 311 g/mol. The molecule has 0 amide bonds. The third-order valence-electron chi connectivity index (χ3n) is 3.56. The number of aryl methyl sites for hydroxylation is 2. The zero-order chi connectivity index (χ0) is 13.2. The number of halogens is 1. The topological polar surface area (TPSA) is 0 Å². The second-order valence-electron chi connectivity index (χ2n) is 5.15. The van der Waals surface area contributed by atoms with Gasteiger partial charge in [0.2, 0.25) is 0 Å². The van der Waals surface area contributed by atoms with E-state index in [0.717, 1.165) is 6.42 Å². The standard InChI is InChI=1S/C17H27Br/c1-3-5-6-7-8-9-10-11-15-12-13-17(18)16(4-2)14-15/h12-14H,3-11H2,1-2H3. The molecule has 0 nitrogen and oxygen atoms in total. The van der Waals surface area contributed by atoms with E-state index in [9.17, 15) is 0 Å². The largest absolute Gasteiger partial charge is 0.0654 e. The van der Waals surface area contributed by atoms with Gasteiger partial charge in [-0.25, -0.2) is 0 Å².